The number of aryl methyl sites for hydroxylation is 3. The number of carbonyl (C=O) groups is 1. The fourth-order valence-corrected chi connectivity index (χ4v) is 4.87. The van der Waals surface area contributed by atoms with Crippen LogP contribution in [0.4, 0.5) is 5.69 Å². The third-order valence-electron chi connectivity index (χ3n) is 3.91. The zero-order chi connectivity index (χ0) is 18.7. The van der Waals surface area contributed by atoms with E-state index in [0.29, 0.717) is 0 Å². The van der Waals surface area contributed by atoms with E-state index in [-0.39, 0.29) is 11.7 Å². The number of anilines is 1. The fraction of sp³-hybridized carbons (Fsp3) is 0.222. The summed E-state index contributed by atoms with van der Waals surface area (Å²) < 4.78 is 0. The van der Waals surface area contributed by atoms with Gasteiger partial charge >= 0.3 is 0 Å². The first-order valence-electron chi connectivity index (χ1n) is 7.79. The second kappa shape index (κ2) is 8.08. The number of thiophene rings is 1. The van der Waals surface area contributed by atoms with Crippen LogP contribution in [0.3, 0.4) is 0 Å². The quantitative estimate of drug-likeness (QED) is 0.372. The van der Waals surface area contributed by atoms with E-state index in [2.05, 4.69) is 29.1 Å². The Bertz CT molecular complexity index is 1020. The molecule has 0 saturated carbocycles. The number of nitrogens with one attached hydrogen (secondary N) is 1. The summed E-state index contributed by atoms with van der Waals surface area (Å²) in [4.78, 5) is 24.1. The fourth-order valence-electron chi connectivity index (χ4n) is 2.47. The van der Waals surface area contributed by atoms with Crippen molar-refractivity contribution in [3.05, 3.63) is 40.5 Å². The summed E-state index contributed by atoms with van der Waals surface area (Å²) in [6, 6.07) is 5.55. The number of thioether (sulfide) groups is 2. The van der Waals surface area contributed by atoms with Gasteiger partial charge in [0.15, 0.2) is 0 Å². The van der Waals surface area contributed by atoms with Gasteiger partial charge in [0.25, 0.3) is 0 Å². The molecule has 0 fully saturated rings. The Morgan fingerprint density at radius 3 is 2.85 bits per heavy atom. The largest absolute Gasteiger partial charge is 0.325 e. The van der Waals surface area contributed by atoms with Crippen LogP contribution in [0.15, 0.2) is 34.4 Å². The maximum absolute atomic E-state index is 12.3. The summed E-state index contributed by atoms with van der Waals surface area (Å²) in [5.41, 5.74) is 2.86. The predicted molar refractivity (Wildman–Crippen MR) is 109 cm³/mol. The Labute approximate surface area is 164 Å². The molecular weight excluding hydrogens is 384 g/mol. The van der Waals surface area contributed by atoms with Crippen molar-refractivity contribution in [3.8, 4) is 5.40 Å². The van der Waals surface area contributed by atoms with Crippen LogP contribution in [0, 0.1) is 31.4 Å². The van der Waals surface area contributed by atoms with Crippen molar-refractivity contribution >= 4 is 56.7 Å². The van der Waals surface area contributed by atoms with Crippen LogP contribution < -0.4 is 5.32 Å². The molecule has 132 valence electrons. The molecule has 2 aromatic heterocycles. The summed E-state index contributed by atoms with van der Waals surface area (Å²) in [5, 5.41) is 15.6. The smallest absolute Gasteiger partial charge is 0.234 e. The van der Waals surface area contributed by atoms with E-state index >= 15 is 0 Å². The number of aromatic nitrogens is 2. The van der Waals surface area contributed by atoms with Gasteiger partial charge in [0.1, 0.15) is 21.6 Å². The van der Waals surface area contributed by atoms with Crippen molar-refractivity contribution in [1.82, 2.24) is 9.97 Å². The van der Waals surface area contributed by atoms with E-state index in [1.165, 1.54) is 22.2 Å². The molecule has 1 N–H and O–H groups in total. The van der Waals surface area contributed by atoms with Gasteiger partial charge in [-0.05, 0) is 61.9 Å². The van der Waals surface area contributed by atoms with Gasteiger partial charge in [-0.15, -0.1) is 11.3 Å². The van der Waals surface area contributed by atoms with Gasteiger partial charge in [0.2, 0.25) is 5.91 Å². The SMILES string of the molecule is Cc1cc(SC#N)ccc1NC(=O)CSc1ncnc2sc(C)c(C)c12. The first kappa shape index (κ1) is 18.7. The summed E-state index contributed by atoms with van der Waals surface area (Å²) in [6.07, 6.45) is 1.55. The van der Waals surface area contributed by atoms with E-state index in [4.69, 9.17) is 5.26 Å². The maximum Gasteiger partial charge on any atom is 0.234 e. The molecule has 0 spiro atoms. The molecule has 1 amide bonds. The van der Waals surface area contributed by atoms with Gasteiger partial charge < -0.3 is 5.32 Å². The number of nitriles is 1. The second-order valence-corrected chi connectivity index (χ2v) is 8.67. The molecular formula is C18H16N4OS3. The first-order chi connectivity index (χ1) is 12.5. The molecule has 26 heavy (non-hydrogen) atoms. The molecule has 3 aromatic rings. The molecule has 8 heteroatoms. The number of rotatable bonds is 5. The zero-order valence-electron chi connectivity index (χ0n) is 14.5. The molecule has 0 bridgehead atoms. The highest BCUT2D eigenvalue weighted by Crippen LogP contribution is 2.34. The molecule has 0 unspecified atom stereocenters. The molecule has 0 saturated heterocycles. The Morgan fingerprint density at radius 2 is 2.12 bits per heavy atom. The number of thiocyanates is 1. The van der Waals surface area contributed by atoms with Gasteiger partial charge in [-0.2, -0.15) is 5.26 Å². The van der Waals surface area contributed by atoms with Crippen LogP contribution >= 0.6 is 34.9 Å². The van der Waals surface area contributed by atoms with E-state index in [1.54, 1.807) is 17.7 Å². The lowest BCUT2D eigenvalue weighted by molar-refractivity contribution is -0.113. The lowest BCUT2D eigenvalue weighted by Crippen LogP contribution is -2.15. The normalized spacial score (nSPS) is 10.7. The molecule has 0 aliphatic rings. The zero-order valence-corrected chi connectivity index (χ0v) is 16.9. The minimum absolute atomic E-state index is 0.0878. The number of fused-ring (bicyclic) bond motifs is 1. The van der Waals surface area contributed by atoms with Crippen LogP contribution in [-0.2, 0) is 4.79 Å². The Kier molecular flexibility index (Phi) is 5.81. The van der Waals surface area contributed by atoms with Crippen molar-refractivity contribution < 1.29 is 4.79 Å². The number of carbonyl (C=O) groups excluding carboxylic acids is 1. The number of amides is 1. The highest BCUT2D eigenvalue weighted by molar-refractivity contribution is 8.03. The van der Waals surface area contributed by atoms with Crippen molar-refractivity contribution in [2.75, 3.05) is 11.1 Å². The highest BCUT2D eigenvalue weighted by atomic mass is 32.2. The minimum atomic E-state index is -0.0878. The van der Waals surface area contributed by atoms with Crippen LogP contribution in [0.1, 0.15) is 16.0 Å². The number of hydrogen-bond donors (Lipinski definition) is 1. The minimum Gasteiger partial charge on any atom is -0.325 e. The van der Waals surface area contributed by atoms with E-state index in [0.717, 1.165) is 43.2 Å². The van der Waals surface area contributed by atoms with Crippen LogP contribution in [0.5, 0.6) is 0 Å². The average Bonchev–Trinajstić information content (AvgIpc) is 2.91. The Balaban J connectivity index is 1.69. The average molecular weight is 401 g/mol. The van der Waals surface area contributed by atoms with Crippen molar-refractivity contribution in [2.45, 2.75) is 30.7 Å². The van der Waals surface area contributed by atoms with Crippen LogP contribution in [0.2, 0.25) is 0 Å². The molecule has 5 nitrogen and oxygen atoms in total. The monoisotopic (exact) mass is 400 g/mol. The number of hydrogen-bond acceptors (Lipinski definition) is 7. The molecule has 3 rings (SSSR count). The third kappa shape index (κ3) is 4.01. The van der Waals surface area contributed by atoms with Crippen LogP contribution in [0.25, 0.3) is 10.2 Å². The molecule has 0 aliphatic heterocycles. The van der Waals surface area contributed by atoms with E-state index in [1.807, 2.05) is 30.5 Å². The summed E-state index contributed by atoms with van der Waals surface area (Å²) in [6.45, 7) is 6.04. The summed E-state index contributed by atoms with van der Waals surface area (Å²) >= 11 is 4.17. The van der Waals surface area contributed by atoms with Crippen molar-refractivity contribution in [2.24, 2.45) is 0 Å². The molecule has 2 heterocycles. The maximum atomic E-state index is 12.3. The second-order valence-electron chi connectivity index (χ2n) is 5.65. The van der Waals surface area contributed by atoms with E-state index < -0.39 is 0 Å². The van der Waals surface area contributed by atoms with E-state index in [9.17, 15) is 4.79 Å². The Morgan fingerprint density at radius 1 is 1.31 bits per heavy atom. The lowest BCUT2D eigenvalue weighted by Gasteiger charge is -2.09. The number of benzene rings is 1. The van der Waals surface area contributed by atoms with Gasteiger partial charge in [-0.25, -0.2) is 9.97 Å². The predicted octanol–water partition coefficient (Wildman–Crippen LogP) is 4.92. The third-order valence-corrected chi connectivity index (χ3v) is 6.59. The molecule has 0 radical (unpaired) electrons. The van der Waals surface area contributed by atoms with Gasteiger partial charge in [-0.3, -0.25) is 4.79 Å². The number of nitrogens with zero attached hydrogens (tertiary/aromatic N) is 3. The van der Waals surface area contributed by atoms with Gasteiger partial charge in [0.05, 0.1) is 5.75 Å². The van der Waals surface area contributed by atoms with Gasteiger partial charge in [-0.1, -0.05) is 11.8 Å². The standard InChI is InChI=1S/C18H16N4OS3/c1-10-6-13(25-8-19)4-5-14(10)22-15(23)7-24-17-16-11(2)12(3)26-18(16)21-9-20-17/h4-6,9H,7H2,1-3H3,(H,22,23). The molecule has 0 aliphatic carbocycles. The summed E-state index contributed by atoms with van der Waals surface area (Å²) in [5.74, 6) is 0.185. The lowest BCUT2D eigenvalue weighted by atomic mass is 10.2. The summed E-state index contributed by atoms with van der Waals surface area (Å²) in [7, 11) is 0. The van der Waals surface area contributed by atoms with Crippen molar-refractivity contribution in [3.63, 3.8) is 0 Å². The van der Waals surface area contributed by atoms with Crippen molar-refractivity contribution in [1.29, 1.82) is 5.26 Å². The van der Waals surface area contributed by atoms with Crippen LogP contribution in [-0.4, -0.2) is 21.6 Å². The van der Waals surface area contributed by atoms with Gasteiger partial charge in [0, 0.05) is 20.8 Å². The molecule has 0 atom stereocenters. The Hall–Kier alpha value is -2.08. The molecule has 1 aromatic carbocycles. The first-order valence-corrected chi connectivity index (χ1v) is 10.4. The highest BCUT2D eigenvalue weighted by Gasteiger charge is 2.14. The topological polar surface area (TPSA) is 78.7 Å².